The van der Waals surface area contributed by atoms with Crippen molar-refractivity contribution in [2.45, 2.75) is 52.5 Å². The lowest BCUT2D eigenvalue weighted by Crippen LogP contribution is -2.37. The highest BCUT2D eigenvalue weighted by molar-refractivity contribution is 5.76. The number of amides is 1. The van der Waals surface area contributed by atoms with Gasteiger partial charge in [-0.3, -0.25) is 9.89 Å². The molecule has 2 N–H and O–H groups in total. The third kappa shape index (κ3) is 5.42. The van der Waals surface area contributed by atoms with Gasteiger partial charge in [0.05, 0.1) is 11.7 Å². The van der Waals surface area contributed by atoms with Crippen molar-refractivity contribution in [3.63, 3.8) is 0 Å². The monoisotopic (exact) mass is 368 g/mol. The number of hydrogen-bond donors (Lipinski definition) is 2. The molecule has 0 radical (unpaired) electrons. The lowest BCUT2D eigenvalue weighted by atomic mass is 9.92. The first-order valence-electron chi connectivity index (χ1n) is 10.1. The largest absolute Gasteiger partial charge is 0.349 e. The predicted octanol–water partition coefficient (Wildman–Crippen LogP) is 3.55. The quantitative estimate of drug-likeness (QED) is 0.786. The number of nitrogens with zero attached hydrogens (tertiary/aromatic N) is 2. The van der Waals surface area contributed by atoms with E-state index in [-0.39, 0.29) is 11.9 Å². The van der Waals surface area contributed by atoms with Crippen molar-refractivity contribution in [2.24, 2.45) is 5.92 Å². The minimum absolute atomic E-state index is 0.00205. The third-order valence-electron chi connectivity index (χ3n) is 5.74. The van der Waals surface area contributed by atoms with Crippen LogP contribution in [0.1, 0.15) is 54.7 Å². The summed E-state index contributed by atoms with van der Waals surface area (Å²) in [5.41, 5.74) is 4.51. The number of carbonyl (C=O) groups is 1. The van der Waals surface area contributed by atoms with Gasteiger partial charge in [0.25, 0.3) is 0 Å². The first-order chi connectivity index (χ1) is 13.0. The average Bonchev–Trinajstić information content (AvgIpc) is 3.00. The Morgan fingerprint density at radius 1 is 1.26 bits per heavy atom. The minimum atomic E-state index is 0.00205. The van der Waals surface area contributed by atoms with Gasteiger partial charge in [-0.15, -0.1) is 0 Å². The number of aryl methyl sites for hydroxylation is 2. The summed E-state index contributed by atoms with van der Waals surface area (Å²) in [7, 11) is 0. The molecule has 27 heavy (non-hydrogen) atoms. The Hall–Kier alpha value is -2.14. The van der Waals surface area contributed by atoms with Crippen molar-refractivity contribution >= 4 is 5.91 Å². The van der Waals surface area contributed by atoms with E-state index in [0.717, 1.165) is 55.8 Å². The average molecular weight is 369 g/mol. The maximum absolute atomic E-state index is 12.5. The van der Waals surface area contributed by atoms with Crippen molar-refractivity contribution < 1.29 is 4.79 Å². The lowest BCUT2D eigenvalue weighted by Gasteiger charge is -2.32. The molecule has 2 aromatic rings. The normalized spacial score (nSPS) is 17.0. The summed E-state index contributed by atoms with van der Waals surface area (Å²) in [6, 6.07) is 10.7. The molecule has 1 aliphatic rings. The van der Waals surface area contributed by atoms with Crippen LogP contribution in [0.3, 0.4) is 0 Å². The summed E-state index contributed by atoms with van der Waals surface area (Å²) in [5, 5.41) is 10.4. The zero-order chi connectivity index (χ0) is 19.2. The van der Waals surface area contributed by atoms with Gasteiger partial charge in [-0.05, 0) is 64.6 Å². The third-order valence-corrected chi connectivity index (χ3v) is 5.74. The molecule has 0 saturated carbocycles. The van der Waals surface area contributed by atoms with Crippen LogP contribution in [0.4, 0.5) is 0 Å². The van der Waals surface area contributed by atoms with Gasteiger partial charge in [-0.1, -0.05) is 30.3 Å². The van der Waals surface area contributed by atoms with Crippen molar-refractivity contribution in [3.8, 4) is 0 Å². The predicted molar refractivity (Wildman–Crippen MR) is 109 cm³/mol. The molecular formula is C22H32N4O. The lowest BCUT2D eigenvalue weighted by molar-refractivity contribution is -0.123. The van der Waals surface area contributed by atoms with E-state index in [1.54, 1.807) is 0 Å². The second-order valence-corrected chi connectivity index (χ2v) is 7.86. The van der Waals surface area contributed by atoms with Crippen molar-refractivity contribution in [2.75, 3.05) is 19.6 Å². The number of likely N-dealkylation sites (tertiary alicyclic amines) is 1. The first kappa shape index (κ1) is 19.6. The Balaban J connectivity index is 1.39. The molecule has 0 spiro atoms. The number of nitrogens with one attached hydrogen (secondary N) is 2. The van der Waals surface area contributed by atoms with Gasteiger partial charge in [0.15, 0.2) is 0 Å². The maximum Gasteiger partial charge on any atom is 0.220 e. The van der Waals surface area contributed by atoms with Crippen molar-refractivity contribution in [1.29, 1.82) is 0 Å². The van der Waals surface area contributed by atoms with Gasteiger partial charge in [0.2, 0.25) is 5.91 Å². The highest BCUT2D eigenvalue weighted by Crippen LogP contribution is 2.23. The summed E-state index contributed by atoms with van der Waals surface area (Å²) in [5.74, 6) is 0.655. The Bertz CT molecular complexity index is 713. The highest BCUT2D eigenvalue weighted by atomic mass is 16.1. The topological polar surface area (TPSA) is 61.0 Å². The van der Waals surface area contributed by atoms with E-state index in [2.05, 4.69) is 50.7 Å². The summed E-state index contributed by atoms with van der Waals surface area (Å²) in [6.45, 7) is 9.32. The Kier molecular flexibility index (Phi) is 6.67. The SMILES string of the molecule is Cc1n[nH]c(C)c1[C@H](C)NC(=O)CC1CCN(CCc2ccccc2)CC1. The molecule has 1 amide bonds. The number of carbonyl (C=O) groups excluding carboxylic acids is 1. The van der Waals surface area contributed by atoms with Crippen LogP contribution in [0.2, 0.25) is 0 Å². The molecule has 1 aliphatic heterocycles. The van der Waals surface area contributed by atoms with E-state index >= 15 is 0 Å². The molecule has 0 aliphatic carbocycles. The van der Waals surface area contributed by atoms with Crippen LogP contribution in [-0.2, 0) is 11.2 Å². The van der Waals surface area contributed by atoms with Gasteiger partial charge in [-0.2, -0.15) is 5.10 Å². The molecule has 1 aromatic heterocycles. The van der Waals surface area contributed by atoms with E-state index in [4.69, 9.17) is 0 Å². The van der Waals surface area contributed by atoms with Gasteiger partial charge < -0.3 is 10.2 Å². The Labute approximate surface area is 162 Å². The molecule has 0 bridgehead atoms. The fraction of sp³-hybridized carbons (Fsp3) is 0.545. The highest BCUT2D eigenvalue weighted by Gasteiger charge is 2.23. The number of aromatic amines is 1. The minimum Gasteiger partial charge on any atom is -0.349 e. The molecule has 1 fully saturated rings. The zero-order valence-electron chi connectivity index (χ0n) is 16.8. The first-order valence-corrected chi connectivity index (χ1v) is 10.1. The number of H-pyrrole nitrogens is 1. The molecule has 0 unspecified atom stereocenters. The summed E-state index contributed by atoms with van der Waals surface area (Å²) < 4.78 is 0. The number of piperidine rings is 1. The van der Waals surface area contributed by atoms with Crippen LogP contribution in [0.25, 0.3) is 0 Å². The number of aromatic nitrogens is 2. The molecule has 1 saturated heterocycles. The van der Waals surface area contributed by atoms with Crippen LogP contribution in [-0.4, -0.2) is 40.6 Å². The van der Waals surface area contributed by atoms with E-state index in [9.17, 15) is 4.79 Å². The summed E-state index contributed by atoms with van der Waals surface area (Å²) in [6.07, 6.45) is 3.96. The fourth-order valence-electron chi connectivity index (χ4n) is 4.18. The Morgan fingerprint density at radius 2 is 1.96 bits per heavy atom. The van der Waals surface area contributed by atoms with Crippen LogP contribution < -0.4 is 5.32 Å². The van der Waals surface area contributed by atoms with Gasteiger partial charge in [0.1, 0.15) is 0 Å². The Morgan fingerprint density at radius 3 is 2.59 bits per heavy atom. The number of hydrogen-bond acceptors (Lipinski definition) is 3. The summed E-state index contributed by atoms with van der Waals surface area (Å²) >= 11 is 0. The number of benzene rings is 1. The second kappa shape index (κ2) is 9.18. The van der Waals surface area contributed by atoms with Crippen molar-refractivity contribution in [1.82, 2.24) is 20.4 Å². The van der Waals surface area contributed by atoms with E-state index in [1.165, 1.54) is 5.56 Å². The number of rotatable bonds is 7. The van der Waals surface area contributed by atoms with E-state index < -0.39 is 0 Å². The van der Waals surface area contributed by atoms with Crippen LogP contribution in [0.5, 0.6) is 0 Å². The molecule has 1 atom stereocenters. The molecule has 146 valence electrons. The maximum atomic E-state index is 12.5. The summed E-state index contributed by atoms with van der Waals surface area (Å²) in [4.78, 5) is 15.0. The van der Waals surface area contributed by atoms with Gasteiger partial charge >= 0.3 is 0 Å². The standard InChI is InChI=1S/C22H32N4O/c1-16(22-17(2)24-25-18(22)3)23-21(27)15-20-10-13-26(14-11-20)12-9-19-7-5-4-6-8-19/h4-8,16,20H,9-15H2,1-3H3,(H,23,27)(H,24,25)/t16-/m0/s1. The molecule has 5 heteroatoms. The van der Waals surface area contributed by atoms with E-state index in [0.29, 0.717) is 12.3 Å². The molecule has 2 heterocycles. The van der Waals surface area contributed by atoms with Crippen LogP contribution in [0.15, 0.2) is 30.3 Å². The van der Waals surface area contributed by atoms with Gasteiger partial charge in [0, 0.05) is 24.2 Å². The molecule has 1 aromatic carbocycles. The molecular weight excluding hydrogens is 336 g/mol. The smallest absolute Gasteiger partial charge is 0.220 e. The molecule has 3 rings (SSSR count). The zero-order valence-corrected chi connectivity index (χ0v) is 16.8. The molecule has 5 nitrogen and oxygen atoms in total. The fourth-order valence-corrected chi connectivity index (χ4v) is 4.18. The van der Waals surface area contributed by atoms with Crippen molar-refractivity contribution in [3.05, 3.63) is 52.8 Å². The van der Waals surface area contributed by atoms with Crippen LogP contribution in [0, 0.1) is 19.8 Å². The van der Waals surface area contributed by atoms with Gasteiger partial charge in [-0.25, -0.2) is 0 Å². The second-order valence-electron chi connectivity index (χ2n) is 7.86. The van der Waals surface area contributed by atoms with E-state index in [1.807, 2.05) is 20.8 Å². The van der Waals surface area contributed by atoms with Crippen LogP contribution >= 0.6 is 0 Å².